The predicted molar refractivity (Wildman–Crippen MR) is 112 cm³/mol. The molecular weight excluding hydrogens is 407 g/mol. The molecule has 2 aromatic carbocycles. The maximum atomic E-state index is 13.5. The minimum atomic E-state index is -0.543. The quantitative estimate of drug-likeness (QED) is 0.590. The zero-order valence-corrected chi connectivity index (χ0v) is 17.3. The maximum Gasteiger partial charge on any atom is 0.322 e. The van der Waals surface area contributed by atoms with E-state index in [2.05, 4.69) is 15.5 Å². The van der Waals surface area contributed by atoms with Crippen molar-refractivity contribution in [2.45, 2.75) is 26.3 Å². The second kappa shape index (κ2) is 8.28. The Labute approximate surface area is 178 Å². The highest BCUT2D eigenvalue weighted by Gasteiger charge is 2.35. The number of nitrogens with one attached hydrogen (secondary N) is 1. The van der Waals surface area contributed by atoms with Crippen LogP contribution in [0.5, 0.6) is 0 Å². The molecule has 1 N–H and O–H groups in total. The summed E-state index contributed by atoms with van der Waals surface area (Å²) < 4.78 is 19.0. The van der Waals surface area contributed by atoms with Crippen LogP contribution in [0.2, 0.25) is 5.02 Å². The number of nitrogens with zero attached hydrogens (tertiary/aromatic N) is 3. The molecule has 2 heterocycles. The van der Waals surface area contributed by atoms with Crippen molar-refractivity contribution in [3.8, 4) is 11.4 Å². The van der Waals surface area contributed by atoms with Crippen LogP contribution >= 0.6 is 11.6 Å². The van der Waals surface area contributed by atoms with Crippen molar-refractivity contribution in [1.29, 1.82) is 0 Å². The summed E-state index contributed by atoms with van der Waals surface area (Å²) in [5, 5.41) is 7.65. The van der Waals surface area contributed by atoms with Crippen molar-refractivity contribution < 1.29 is 13.7 Å². The normalized spacial score (nSPS) is 16.7. The van der Waals surface area contributed by atoms with Crippen molar-refractivity contribution in [2.24, 2.45) is 0 Å². The molecule has 154 valence electrons. The number of allylic oxidation sites excluding steroid dienone is 1. The summed E-state index contributed by atoms with van der Waals surface area (Å²) in [7, 11) is 0. The summed E-state index contributed by atoms with van der Waals surface area (Å²) in [5.41, 5.74) is 2.84. The molecule has 0 spiro atoms. The van der Waals surface area contributed by atoms with Gasteiger partial charge < -0.3 is 9.84 Å². The number of amides is 2. The predicted octanol–water partition coefficient (Wildman–Crippen LogP) is 5.44. The fraction of sp³-hybridized carbons (Fsp3) is 0.227. The summed E-state index contributed by atoms with van der Waals surface area (Å²) >= 11 is 6.08. The van der Waals surface area contributed by atoms with Gasteiger partial charge in [-0.3, -0.25) is 4.90 Å². The lowest BCUT2D eigenvalue weighted by molar-refractivity contribution is 0.205. The van der Waals surface area contributed by atoms with Gasteiger partial charge in [-0.2, -0.15) is 4.98 Å². The first kappa shape index (κ1) is 20.1. The van der Waals surface area contributed by atoms with E-state index in [0.717, 1.165) is 23.2 Å². The number of halogens is 2. The number of rotatable bonds is 5. The average Bonchev–Trinajstić information content (AvgIpc) is 3.21. The first-order valence-corrected chi connectivity index (χ1v) is 10.00. The van der Waals surface area contributed by atoms with Crippen LogP contribution in [0.4, 0.5) is 9.18 Å². The van der Waals surface area contributed by atoms with E-state index >= 15 is 0 Å². The van der Waals surface area contributed by atoms with Crippen LogP contribution in [0, 0.1) is 5.82 Å². The summed E-state index contributed by atoms with van der Waals surface area (Å²) in [4.78, 5) is 18.9. The Balaban J connectivity index is 1.81. The Hall–Kier alpha value is -3.19. The molecular formula is C22H20ClFN4O2. The number of carbonyl (C=O) groups excluding carboxylic acids is 1. The highest BCUT2D eigenvalue weighted by Crippen LogP contribution is 2.37. The smallest absolute Gasteiger partial charge is 0.322 e. The van der Waals surface area contributed by atoms with E-state index in [9.17, 15) is 9.18 Å². The summed E-state index contributed by atoms with van der Waals surface area (Å²) in [6, 6.07) is 12.4. The lowest BCUT2D eigenvalue weighted by Gasteiger charge is -2.35. The van der Waals surface area contributed by atoms with E-state index in [1.54, 1.807) is 29.2 Å². The molecule has 4 rings (SSSR count). The van der Waals surface area contributed by atoms with Gasteiger partial charge in [-0.1, -0.05) is 47.9 Å². The van der Waals surface area contributed by atoms with Crippen molar-refractivity contribution in [2.75, 3.05) is 6.54 Å². The van der Waals surface area contributed by atoms with E-state index in [1.165, 1.54) is 12.1 Å². The van der Waals surface area contributed by atoms with Gasteiger partial charge in [-0.05, 0) is 43.2 Å². The second-order valence-electron chi connectivity index (χ2n) is 7.02. The van der Waals surface area contributed by atoms with Gasteiger partial charge in [-0.15, -0.1) is 0 Å². The molecule has 0 bridgehead atoms. The highest BCUT2D eigenvalue weighted by atomic mass is 35.5. The van der Waals surface area contributed by atoms with E-state index in [-0.39, 0.29) is 17.7 Å². The topological polar surface area (TPSA) is 71.3 Å². The van der Waals surface area contributed by atoms with Crippen molar-refractivity contribution in [3.05, 3.63) is 76.5 Å². The van der Waals surface area contributed by atoms with Crippen LogP contribution in [-0.2, 0) is 0 Å². The van der Waals surface area contributed by atoms with Crippen LogP contribution in [0.3, 0.4) is 0 Å². The fourth-order valence-electron chi connectivity index (χ4n) is 3.53. The van der Waals surface area contributed by atoms with Crippen LogP contribution in [0.1, 0.15) is 37.8 Å². The minimum Gasteiger partial charge on any atom is -0.334 e. The Bertz CT molecular complexity index is 1110. The maximum absolute atomic E-state index is 13.5. The van der Waals surface area contributed by atoms with Gasteiger partial charge >= 0.3 is 6.03 Å². The van der Waals surface area contributed by atoms with E-state index in [0.29, 0.717) is 23.0 Å². The average molecular weight is 427 g/mol. The van der Waals surface area contributed by atoms with Gasteiger partial charge in [0.25, 0.3) is 5.89 Å². The Kier molecular flexibility index (Phi) is 5.55. The molecule has 3 aromatic rings. The van der Waals surface area contributed by atoms with Crippen molar-refractivity contribution in [1.82, 2.24) is 20.4 Å². The molecule has 1 atom stereocenters. The van der Waals surface area contributed by atoms with Gasteiger partial charge in [0, 0.05) is 22.8 Å². The minimum absolute atomic E-state index is 0.220. The van der Waals surface area contributed by atoms with Crippen molar-refractivity contribution in [3.63, 3.8) is 0 Å². The third-order valence-electron chi connectivity index (χ3n) is 4.99. The SMILES string of the molecule is CCCN1C(=O)NC(c2ccc(F)cc2)C(c2nc(-c3cccc(Cl)c3)no2)=C1C. The molecule has 0 aliphatic carbocycles. The lowest BCUT2D eigenvalue weighted by Crippen LogP contribution is -2.46. The van der Waals surface area contributed by atoms with Crippen molar-refractivity contribution >= 4 is 23.2 Å². The monoisotopic (exact) mass is 426 g/mol. The second-order valence-corrected chi connectivity index (χ2v) is 7.45. The van der Waals surface area contributed by atoms with Crippen LogP contribution < -0.4 is 5.32 Å². The van der Waals surface area contributed by atoms with E-state index < -0.39 is 6.04 Å². The zero-order chi connectivity index (χ0) is 21.3. The molecule has 30 heavy (non-hydrogen) atoms. The molecule has 1 aromatic heterocycles. The summed E-state index contributed by atoms with van der Waals surface area (Å²) in [5.74, 6) is 0.333. The standard InChI is InChI=1S/C22H20ClFN4O2/c1-3-11-28-13(2)18(19(25-22(28)29)14-7-9-17(24)10-8-14)21-26-20(27-30-21)15-5-4-6-16(23)12-15/h4-10,12,19H,3,11H2,1-2H3,(H,25,29). The van der Waals surface area contributed by atoms with Gasteiger partial charge in [0.15, 0.2) is 0 Å². The first-order chi connectivity index (χ1) is 14.5. The van der Waals surface area contributed by atoms with E-state index in [4.69, 9.17) is 16.1 Å². The molecule has 1 unspecified atom stereocenters. The van der Waals surface area contributed by atoms with Gasteiger partial charge in [0.2, 0.25) is 5.82 Å². The van der Waals surface area contributed by atoms with Gasteiger partial charge in [-0.25, -0.2) is 9.18 Å². The first-order valence-electron chi connectivity index (χ1n) is 9.62. The zero-order valence-electron chi connectivity index (χ0n) is 16.5. The number of hydrogen-bond acceptors (Lipinski definition) is 4. The Morgan fingerprint density at radius 2 is 2.00 bits per heavy atom. The van der Waals surface area contributed by atoms with Crippen LogP contribution in [-0.4, -0.2) is 27.6 Å². The molecule has 0 fully saturated rings. The molecule has 8 heteroatoms. The molecule has 6 nitrogen and oxygen atoms in total. The third-order valence-corrected chi connectivity index (χ3v) is 5.22. The number of benzene rings is 2. The van der Waals surface area contributed by atoms with Gasteiger partial charge in [0.05, 0.1) is 11.6 Å². The largest absolute Gasteiger partial charge is 0.334 e. The Morgan fingerprint density at radius 3 is 2.70 bits per heavy atom. The number of urea groups is 1. The Morgan fingerprint density at radius 1 is 1.23 bits per heavy atom. The molecule has 1 aliphatic heterocycles. The van der Waals surface area contributed by atoms with Crippen LogP contribution in [0.15, 0.2) is 58.8 Å². The third kappa shape index (κ3) is 3.80. The molecule has 0 radical (unpaired) electrons. The number of aromatic nitrogens is 2. The molecule has 1 aliphatic rings. The summed E-state index contributed by atoms with van der Waals surface area (Å²) in [6.07, 6.45) is 0.789. The fourth-order valence-corrected chi connectivity index (χ4v) is 3.72. The van der Waals surface area contributed by atoms with E-state index in [1.807, 2.05) is 26.0 Å². The molecule has 0 saturated carbocycles. The van der Waals surface area contributed by atoms with Crippen LogP contribution in [0.25, 0.3) is 17.0 Å². The number of hydrogen-bond donors (Lipinski definition) is 1. The number of carbonyl (C=O) groups is 1. The highest BCUT2D eigenvalue weighted by molar-refractivity contribution is 6.30. The molecule has 2 amide bonds. The van der Waals surface area contributed by atoms with Gasteiger partial charge in [0.1, 0.15) is 5.82 Å². The molecule has 0 saturated heterocycles. The summed E-state index contributed by atoms with van der Waals surface area (Å²) in [6.45, 7) is 4.40. The lowest BCUT2D eigenvalue weighted by atomic mass is 9.94.